The molecule has 2 N–H and O–H groups in total. The molecule has 9 heteroatoms. The number of nitrogens with two attached hydrogens (primary N) is 1. The van der Waals surface area contributed by atoms with Crippen molar-refractivity contribution in [2.75, 3.05) is 40.5 Å². The third-order valence-electron chi connectivity index (χ3n) is 6.81. The quantitative estimate of drug-likeness (QED) is 0.574. The maximum absolute atomic E-state index is 13.5. The van der Waals surface area contributed by atoms with Crippen molar-refractivity contribution in [3.63, 3.8) is 0 Å². The lowest BCUT2D eigenvalue weighted by molar-refractivity contribution is -0.134. The van der Waals surface area contributed by atoms with Crippen LogP contribution in [0.25, 0.3) is 0 Å². The van der Waals surface area contributed by atoms with Crippen LogP contribution in [-0.2, 0) is 9.59 Å². The van der Waals surface area contributed by atoms with Gasteiger partial charge in [0.25, 0.3) is 5.91 Å². The van der Waals surface area contributed by atoms with Crippen molar-refractivity contribution >= 4 is 17.5 Å². The lowest BCUT2D eigenvalue weighted by Gasteiger charge is -2.31. The first kappa shape index (κ1) is 25.5. The van der Waals surface area contributed by atoms with E-state index in [0.717, 1.165) is 22.6 Å². The number of hydrogen-bond donors (Lipinski definition) is 1. The summed E-state index contributed by atoms with van der Waals surface area (Å²) in [6.07, 6.45) is 1.91. The van der Waals surface area contributed by atoms with Gasteiger partial charge in [-0.05, 0) is 68.8 Å². The molecule has 1 unspecified atom stereocenters. The van der Waals surface area contributed by atoms with Crippen molar-refractivity contribution in [3.8, 4) is 17.2 Å². The summed E-state index contributed by atoms with van der Waals surface area (Å²) in [7, 11) is 3.19. The molecule has 2 aliphatic heterocycles. The minimum atomic E-state index is -0.264. The predicted molar refractivity (Wildman–Crippen MR) is 136 cm³/mol. The van der Waals surface area contributed by atoms with Gasteiger partial charge in [0.15, 0.2) is 11.5 Å². The Labute approximate surface area is 211 Å². The summed E-state index contributed by atoms with van der Waals surface area (Å²) in [5.41, 5.74) is 8.12. The predicted octanol–water partition coefficient (Wildman–Crippen LogP) is 2.98. The van der Waals surface area contributed by atoms with Gasteiger partial charge in [-0.3, -0.25) is 14.5 Å². The van der Waals surface area contributed by atoms with Gasteiger partial charge in [-0.25, -0.2) is 5.01 Å². The molecule has 192 valence electrons. The van der Waals surface area contributed by atoms with E-state index >= 15 is 0 Å². The van der Waals surface area contributed by atoms with Crippen molar-refractivity contribution in [2.45, 2.75) is 32.2 Å². The van der Waals surface area contributed by atoms with Gasteiger partial charge in [0.2, 0.25) is 5.91 Å². The molecule has 0 aliphatic carbocycles. The summed E-state index contributed by atoms with van der Waals surface area (Å²) in [6.45, 7) is 4.09. The Kier molecular flexibility index (Phi) is 8.10. The summed E-state index contributed by atoms with van der Waals surface area (Å²) in [5.74, 6) is 1.57. The highest BCUT2D eigenvalue weighted by Crippen LogP contribution is 2.36. The van der Waals surface area contributed by atoms with Crippen molar-refractivity contribution in [1.29, 1.82) is 0 Å². The standard InChI is InChI=1S/C27H34N4O5/c1-4-36-21-8-5-18(6-9-21)23-16-22(20-7-10-24(34-2)25(15-20)35-3)29-31(23)26(32)17-30-13-11-19(12-14-30)27(28)33/h5-10,15,19,23H,4,11-14,16-17H2,1-3H3,(H2,28,33). The largest absolute Gasteiger partial charge is 0.494 e. The van der Waals surface area contributed by atoms with E-state index in [1.54, 1.807) is 19.2 Å². The lowest BCUT2D eigenvalue weighted by Crippen LogP contribution is -2.43. The number of ether oxygens (including phenoxy) is 3. The highest BCUT2D eigenvalue weighted by molar-refractivity contribution is 6.03. The Morgan fingerprint density at radius 1 is 1.03 bits per heavy atom. The number of hydrogen-bond acceptors (Lipinski definition) is 7. The number of carbonyl (C=O) groups is 2. The molecule has 2 amide bonds. The van der Waals surface area contributed by atoms with Crippen molar-refractivity contribution in [1.82, 2.24) is 9.91 Å². The SMILES string of the molecule is CCOc1ccc(C2CC(c3ccc(OC)c(OC)c3)=NN2C(=O)CN2CCC(C(N)=O)CC2)cc1. The van der Waals surface area contributed by atoms with Crippen molar-refractivity contribution in [3.05, 3.63) is 53.6 Å². The van der Waals surface area contributed by atoms with Crippen LogP contribution in [0.1, 0.15) is 43.4 Å². The second-order valence-corrected chi connectivity index (χ2v) is 9.03. The molecule has 0 bridgehead atoms. The molecule has 0 spiro atoms. The molecule has 2 aliphatic rings. The molecule has 2 aromatic rings. The monoisotopic (exact) mass is 494 g/mol. The highest BCUT2D eigenvalue weighted by atomic mass is 16.5. The molecule has 1 fully saturated rings. The number of piperidine rings is 1. The van der Waals surface area contributed by atoms with Crippen molar-refractivity contribution < 1.29 is 23.8 Å². The van der Waals surface area contributed by atoms with Crippen LogP contribution in [0.3, 0.4) is 0 Å². The third-order valence-corrected chi connectivity index (χ3v) is 6.81. The molecule has 0 aromatic heterocycles. The fraction of sp³-hybridized carbons (Fsp3) is 0.444. The van der Waals surface area contributed by atoms with Crippen LogP contribution in [-0.4, -0.2) is 67.9 Å². The fourth-order valence-electron chi connectivity index (χ4n) is 4.78. The summed E-state index contributed by atoms with van der Waals surface area (Å²) in [4.78, 5) is 27.1. The number of likely N-dealkylation sites (tertiary alicyclic amines) is 1. The van der Waals surface area contributed by atoms with Gasteiger partial charge in [-0.15, -0.1) is 0 Å². The van der Waals surface area contributed by atoms with Crippen LogP contribution in [0.4, 0.5) is 0 Å². The molecule has 36 heavy (non-hydrogen) atoms. The van der Waals surface area contributed by atoms with E-state index in [2.05, 4.69) is 4.90 Å². The number of primary amides is 1. The zero-order valence-electron chi connectivity index (χ0n) is 21.1. The fourth-order valence-corrected chi connectivity index (χ4v) is 4.78. The van der Waals surface area contributed by atoms with Gasteiger partial charge in [0, 0.05) is 17.9 Å². The molecule has 1 saturated heterocycles. The number of hydrazone groups is 1. The second-order valence-electron chi connectivity index (χ2n) is 9.03. The zero-order chi connectivity index (χ0) is 25.7. The molecule has 0 saturated carbocycles. The Morgan fingerprint density at radius 2 is 1.72 bits per heavy atom. The highest BCUT2D eigenvalue weighted by Gasteiger charge is 2.35. The summed E-state index contributed by atoms with van der Waals surface area (Å²) >= 11 is 0. The molecule has 2 heterocycles. The van der Waals surface area contributed by atoms with Gasteiger partial charge in [0.05, 0.1) is 39.1 Å². The Morgan fingerprint density at radius 3 is 2.33 bits per heavy atom. The van der Waals surface area contributed by atoms with Gasteiger partial charge in [-0.2, -0.15) is 5.10 Å². The number of methoxy groups -OCH3 is 2. The van der Waals surface area contributed by atoms with E-state index in [9.17, 15) is 9.59 Å². The Bertz CT molecular complexity index is 1110. The average Bonchev–Trinajstić information content (AvgIpc) is 3.35. The van der Waals surface area contributed by atoms with Gasteiger partial charge in [0.1, 0.15) is 5.75 Å². The van der Waals surface area contributed by atoms with E-state index < -0.39 is 0 Å². The zero-order valence-corrected chi connectivity index (χ0v) is 21.1. The molecule has 4 rings (SSSR count). The van der Waals surface area contributed by atoms with Crippen LogP contribution < -0.4 is 19.9 Å². The van der Waals surface area contributed by atoms with Crippen LogP contribution >= 0.6 is 0 Å². The summed E-state index contributed by atoms with van der Waals surface area (Å²) in [5, 5.41) is 6.39. The van der Waals surface area contributed by atoms with Crippen LogP contribution in [0.5, 0.6) is 17.2 Å². The number of carbonyl (C=O) groups excluding carboxylic acids is 2. The van der Waals surface area contributed by atoms with E-state index in [1.807, 2.05) is 49.4 Å². The summed E-state index contributed by atoms with van der Waals surface area (Å²) in [6, 6.07) is 13.2. The number of amides is 2. The van der Waals surface area contributed by atoms with E-state index in [0.29, 0.717) is 50.5 Å². The number of nitrogens with zero attached hydrogens (tertiary/aromatic N) is 3. The van der Waals surface area contributed by atoms with Crippen LogP contribution in [0.15, 0.2) is 47.6 Å². The van der Waals surface area contributed by atoms with E-state index in [1.165, 1.54) is 0 Å². The smallest absolute Gasteiger partial charge is 0.257 e. The Hall–Kier alpha value is -3.59. The number of rotatable bonds is 9. The number of benzene rings is 2. The minimum absolute atomic E-state index is 0.0816. The molecular formula is C27H34N4O5. The maximum Gasteiger partial charge on any atom is 0.257 e. The molecule has 2 aromatic carbocycles. The first-order valence-corrected chi connectivity index (χ1v) is 12.3. The van der Waals surface area contributed by atoms with Gasteiger partial charge in [-0.1, -0.05) is 12.1 Å². The first-order valence-electron chi connectivity index (χ1n) is 12.3. The molecular weight excluding hydrogens is 460 g/mol. The van der Waals surface area contributed by atoms with Crippen molar-refractivity contribution in [2.24, 2.45) is 16.8 Å². The third kappa shape index (κ3) is 5.62. The van der Waals surface area contributed by atoms with Crippen LogP contribution in [0, 0.1) is 5.92 Å². The van der Waals surface area contributed by atoms with E-state index in [-0.39, 0.29) is 30.3 Å². The maximum atomic E-state index is 13.5. The second kappa shape index (κ2) is 11.4. The normalized spacial score (nSPS) is 18.6. The van der Waals surface area contributed by atoms with Crippen LogP contribution in [0.2, 0.25) is 0 Å². The summed E-state index contributed by atoms with van der Waals surface area (Å²) < 4.78 is 16.4. The lowest BCUT2D eigenvalue weighted by atomic mass is 9.96. The van der Waals surface area contributed by atoms with E-state index in [4.69, 9.17) is 25.0 Å². The topological polar surface area (TPSA) is 107 Å². The molecule has 9 nitrogen and oxygen atoms in total. The van der Waals surface area contributed by atoms with Gasteiger partial charge < -0.3 is 19.9 Å². The molecule has 1 atom stereocenters. The average molecular weight is 495 g/mol. The Balaban J connectivity index is 1.57. The first-order chi connectivity index (χ1) is 17.4. The minimum Gasteiger partial charge on any atom is -0.494 e. The van der Waals surface area contributed by atoms with Gasteiger partial charge >= 0.3 is 0 Å². The molecule has 0 radical (unpaired) electrons.